The summed E-state index contributed by atoms with van der Waals surface area (Å²) in [5, 5.41) is 9.80. The second-order valence-corrected chi connectivity index (χ2v) is 4.38. The van der Waals surface area contributed by atoms with Crippen LogP contribution in [-0.4, -0.2) is 24.4 Å². The number of aliphatic hydroxyl groups is 1. The highest BCUT2D eigenvalue weighted by Crippen LogP contribution is 2.19. The summed E-state index contributed by atoms with van der Waals surface area (Å²) in [5.74, 6) is 0.265. The van der Waals surface area contributed by atoms with Crippen LogP contribution >= 0.6 is 0 Å². The van der Waals surface area contributed by atoms with Crippen molar-refractivity contribution in [3.05, 3.63) is 35.4 Å². The Balaban J connectivity index is 1.98. The van der Waals surface area contributed by atoms with Gasteiger partial charge in [0.2, 0.25) is 0 Å². The van der Waals surface area contributed by atoms with E-state index in [9.17, 15) is 5.11 Å². The van der Waals surface area contributed by atoms with Gasteiger partial charge in [0.1, 0.15) is 0 Å². The van der Waals surface area contributed by atoms with Gasteiger partial charge in [-0.3, -0.25) is 0 Å². The summed E-state index contributed by atoms with van der Waals surface area (Å²) in [7, 11) is 0. The van der Waals surface area contributed by atoms with Gasteiger partial charge in [-0.25, -0.2) is 0 Å². The molecule has 2 atom stereocenters. The molecule has 1 fully saturated rings. The van der Waals surface area contributed by atoms with Crippen LogP contribution in [0.15, 0.2) is 24.3 Å². The molecule has 1 aromatic carbocycles. The van der Waals surface area contributed by atoms with Crippen molar-refractivity contribution in [2.24, 2.45) is 5.92 Å². The largest absolute Gasteiger partial charge is 0.393 e. The number of benzene rings is 1. The summed E-state index contributed by atoms with van der Waals surface area (Å²) in [6, 6.07) is 8.50. The van der Waals surface area contributed by atoms with Crippen LogP contribution in [-0.2, 0) is 11.2 Å². The molecule has 2 heteroatoms. The molecule has 2 rings (SSSR count). The minimum atomic E-state index is -0.194. The van der Waals surface area contributed by atoms with Crippen LogP contribution in [0.5, 0.6) is 0 Å². The number of aryl methyl sites for hydroxylation is 1. The molecule has 0 amide bonds. The van der Waals surface area contributed by atoms with Gasteiger partial charge >= 0.3 is 0 Å². The van der Waals surface area contributed by atoms with Crippen molar-refractivity contribution in [1.82, 2.24) is 0 Å². The molecule has 1 heterocycles. The van der Waals surface area contributed by atoms with E-state index in [4.69, 9.17) is 4.74 Å². The summed E-state index contributed by atoms with van der Waals surface area (Å²) < 4.78 is 5.39. The molecule has 15 heavy (non-hydrogen) atoms. The normalized spacial score (nSPS) is 26.5. The fourth-order valence-electron chi connectivity index (χ4n) is 2.01. The van der Waals surface area contributed by atoms with Gasteiger partial charge in [0, 0.05) is 12.5 Å². The Morgan fingerprint density at radius 2 is 2.07 bits per heavy atom. The zero-order chi connectivity index (χ0) is 10.7. The van der Waals surface area contributed by atoms with Crippen molar-refractivity contribution in [1.29, 1.82) is 0 Å². The molecule has 0 aromatic heterocycles. The van der Waals surface area contributed by atoms with E-state index in [2.05, 4.69) is 31.2 Å². The third-order valence-corrected chi connectivity index (χ3v) is 3.05. The van der Waals surface area contributed by atoms with Gasteiger partial charge in [-0.2, -0.15) is 0 Å². The van der Waals surface area contributed by atoms with Crippen LogP contribution in [0.3, 0.4) is 0 Å². The fourth-order valence-corrected chi connectivity index (χ4v) is 2.01. The summed E-state index contributed by atoms with van der Waals surface area (Å²) in [6.45, 7) is 3.48. The molecule has 1 saturated heterocycles. The van der Waals surface area contributed by atoms with Crippen molar-refractivity contribution < 1.29 is 9.84 Å². The molecular formula is C13H18O2. The molecule has 1 N–H and O–H groups in total. The summed E-state index contributed by atoms with van der Waals surface area (Å²) >= 11 is 0. The standard InChI is InChI=1S/C13H18O2/c1-10-2-4-11(5-3-10)8-12-9-15-7-6-13(12)14/h2-5,12-14H,6-9H2,1H3/t12-,13-/m0/s1. The van der Waals surface area contributed by atoms with Crippen molar-refractivity contribution in [2.45, 2.75) is 25.9 Å². The predicted octanol–water partition coefficient (Wildman–Crippen LogP) is 1.93. The van der Waals surface area contributed by atoms with E-state index in [-0.39, 0.29) is 12.0 Å². The highest BCUT2D eigenvalue weighted by molar-refractivity contribution is 5.21. The Morgan fingerprint density at radius 3 is 2.73 bits per heavy atom. The molecule has 0 aliphatic carbocycles. The van der Waals surface area contributed by atoms with Gasteiger partial charge in [0.25, 0.3) is 0 Å². The van der Waals surface area contributed by atoms with Crippen LogP contribution in [0.2, 0.25) is 0 Å². The highest BCUT2D eigenvalue weighted by Gasteiger charge is 2.23. The minimum absolute atomic E-state index is 0.194. The average Bonchev–Trinajstić information content (AvgIpc) is 2.25. The van der Waals surface area contributed by atoms with E-state index < -0.39 is 0 Å². The SMILES string of the molecule is Cc1ccc(C[C@H]2COCC[C@@H]2O)cc1. The molecule has 0 saturated carbocycles. The van der Waals surface area contributed by atoms with E-state index in [1.54, 1.807) is 0 Å². The van der Waals surface area contributed by atoms with Gasteiger partial charge in [0.05, 0.1) is 12.7 Å². The summed E-state index contributed by atoms with van der Waals surface area (Å²) in [5.41, 5.74) is 2.56. The van der Waals surface area contributed by atoms with E-state index in [0.29, 0.717) is 13.2 Å². The van der Waals surface area contributed by atoms with Gasteiger partial charge in [0.15, 0.2) is 0 Å². The van der Waals surface area contributed by atoms with E-state index >= 15 is 0 Å². The number of rotatable bonds is 2. The van der Waals surface area contributed by atoms with Gasteiger partial charge in [-0.15, -0.1) is 0 Å². The Kier molecular flexibility index (Phi) is 3.39. The molecule has 0 bridgehead atoms. The number of aliphatic hydroxyl groups excluding tert-OH is 1. The molecule has 0 radical (unpaired) electrons. The van der Waals surface area contributed by atoms with Crippen molar-refractivity contribution in [2.75, 3.05) is 13.2 Å². The first-order chi connectivity index (χ1) is 7.25. The zero-order valence-corrected chi connectivity index (χ0v) is 9.15. The average molecular weight is 206 g/mol. The Morgan fingerprint density at radius 1 is 1.33 bits per heavy atom. The lowest BCUT2D eigenvalue weighted by molar-refractivity contribution is -0.0350. The summed E-state index contributed by atoms with van der Waals surface area (Å²) in [4.78, 5) is 0. The maximum absolute atomic E-state index is 9.80. The first-order valence-electron chi connectivity index (χ1n) is 5.57. The smallest absolute Gasteiger partial charge is 0.0615 e. The molecule has 82 valence electrons. The van der Waals surface area contributed by atoms with Crippen LogP contribution in [0.25, 0.3) is 0 Å². The Labute approximate surface area is 90.9 Å². The molecular weight excluding hydrogens is 188 g/mol. The van der Waals surface area contributed by atoms with Crippen molar-refractivity contribution in [3.8, 4) is 0 Å². The zero-order valence-electron chi connectivity index (χ0n) is 9.15. The van der Waals surface area contributed by atoms with E-state index in [0.717, 1.165) is 12.8 Å². The number of ether oxygens (including phenoxy) is 1. The lowest BCUT2D eigenvalue weighted by atomic mass is 9.91. The van der Waals surface area contributed by atoms with E-state index in [1.807, 2.05) is 0 Å². The first kappa shape index (κ1) is 10.7. The quantitative estimate of drug-likeness (QED) is 0.801. The van der Waals surface area contributed by atoms with Crippen molar-refractivity contribution in [3.63, 3.8) is 0 Å². The lowest BCUT2D eigenvalue weighted by Gasteiger charge is -2.27. The predicted molar refractivity (Wildman–Crippen MR) is 59.8 cm³/mol. The Bertz CT molecular complexity index is 305. The second kappa shape index (κ2) is 4.77. The van der Waals surface area contributed by atoms with Crippen LogP contribution < -0.4 is 0 Å². The Hall–Kier alpha value is -0.860. The molecule has 0 unspecified atom stereocenters. The van der Waals surface area contributed by atoms with Crippen molar-refractivity contribution >= 4 is 0 Å². The topological polar surface area (TPSA) is 29.5 Å². The summed E-state index contributed by atoms with van der Waals surface area (Å²) in [6.07, 6.45) is 1.50. The molecule has 1 aromatic rings. The highest BCUT2D eigenvalue weighted by atomic mass is 16.5. The van der Waals surface area contributed by atoms with Gasteiger partial charge < -0.3 is 9.84 Å². The number of hydrogen-bond acceptors (Lipinski definition) is 2. The lowest BCUT2D eigenvalue weighted by Crippen LogP contribution is -2.33. The monoisotopic (exact) mass is 206 g/mol. The van der Waals surface area contributed by atoms with Crippen LogP contribution in [0, 0.1) is 12.8 Å². The van der Waals surface area contributed by atoms with Gasteiger partial charge in [-0.1, -0.05) is 29.8 Å². The molecule has 0 spiro atoms. The third-order valence-electron chi connectivity index (χ3n) is 3.05. The number of hydrogen-bond donors (Lipinski definition) is 1. The maximum Gasteiger partial charge on any atom is 0.0615 e. The first-order valence-corrected chi connectivity index (χ1v) is 5.57. The molecule has 2 nitrogen and oxygen atoms in total. The molecule has 1 aliphatic heterocycles. The molecule has 1 aliphatic rings. The van der Waals surface area contributed by atoms with Crippen LogP contribution in [0.1, 0.15) is 17.5 Å². The van der Waals surface area contributed by atoms with Crippen LogP contribution in [0.4, 0.5) is 0 Å². The third kappa shape index (κ3) is 2.80. The second-order valence-electron chi connectivity index (χ2n) is 4.38. The van der Waals surface area contributed by atoms with Gasteiger partial charge in [-0.05, 0) is 25.3 Å². The fraction of sp³-hybridized carbons (Fsp3) is 0.538. The minimum Gasteiger partial charge on any atom is -0.393 e. The van der Waals surface area contributed by atoms with E-state index in [1.165, 1.54) is 11.1 Å². The maximum atomic E-state index is 9.80.